The van der Waals surface area contributed by atoms with Crippen LogP contribution in [0.3, 0.4) is 0 Å². The molecular weight excluding hydrogens is 291 g/mol. The number of benzene rings is 1. The number of anilines is 1. The minimum absolute atomic E-state index is 0.397. The van der Waals surface area contributed by atoms with Crippen molar-refractivity contribution in [2.75, 3.05) is 18.4 Å². The van der Waals surface area contributed by atoms with Crippen molar-refractivity contribution < 1.29 is 27.6 Å². The lowest BCUT2D eigenvalue weighted by molar-refractivity contribution is -0.137. The Bertz CT molecular complexity index is 585. The van der Waals surface area contributed by atoms with Crippen LogP contribution in [0.1, 0.15) is 5.56 Å². The lowest BCUT2D eigenvalue weighted by Crippen LogP contribution is -2.54. The first kappa shape index (κ1) is 14.8. The van der Waals surface area contributed by atoms with Gasteiger partial charge in [0.2, 0.25) is 11.8 Å². The second-order valence-electron chi connectivity index (χ2n) is 4.30. The molecule has 1 heterocycles. The minimum atomic E-state index is -4.63. The minimum Gasteiger partial charge on any atom is -0.307 e. The number of amides is 4. The Kier molecular flexibility index (Phi) is 3.83. The monoisotopic (exact) mass is 301 g/mol. The van der Waals surface area contributed by atoms with Gasteiger partial charge in [-0.15, -0.1) is 0 Å². The van der Waals surface area contributed by atoms with E-state index in [4.69, 9.17) is 0 Å². The van der Waals surface area contributed by atoms with E-state index in [0.29, 0.717) is 0 Å². The molecule has 1 fully saturated rings. The molecule has 1 aromatic rings. The van der Waals surface area contributed by atoms with Crippen molar-refractivity contribution in [3.05, 3.63) is 29.8 Å². The Labute approximate surface area is 116 Å². The van der Waals surface area contributed by atoms with Crippen LogP contribution >= 0.6 is 0 Å². The summed E-state index contributed by atoms with van der Waals surface area (Å²) in [5.74, 6) is -1.38. The summed E-state index contributed by atoms with van der Waals surface area (Å²) in [6.45, 7) is -0.794. The highest BCUT2D eigenvalue weighted by molar-refractivity contribution is 6.04. The quantitative estimate of drug-likeness (QED) is 0.765. The van der Waals surface area contributed by atoms with Crippen LogP contribution in [-0.4, -0.2) is 35.8 Å². The largest absolute Gasteiger partial charge is 0.418 e. The zero-order chi connectivity index (χ0) is 15.6. The van der Waals surface area contributed by atoms with Gasteiger partial charge in [-0.2, -0.15) is 13.2 Å². The second kappa shape index (κ2) is 5.43. The molecule has 0 atom stereocenters. The maximum absolute atomic E-state index is 12.8. The van der Waals surface area contributed by atoms with Gasteiger partial charge in [0.1, 0.15) is 13.1 Å². The number of halogens is 3. The number of carbonyl (C=O) groups excluding carboxylic acids is 3. The third-order valence-electron chi connectivity index (χ3n) is 2.71. The van der Waals surface area contributed by atoms with Crippen LogP contribution in [0.5, 0.6) is 0 Å². The summed E-state index contributed by atoms with van der Waals surface area (Å²) in [5, 5.41) is 4.05. The molecule has 0 unspecified atom stereocenters. The molecule has 0 aromatic heterocycles. The van der Waals surface area contributed by atoms with E-state index in [2.05, 4.69) is 5.32 Å². The normalized spacial score (nSPS) is 15.7. The lowest BCUT2D eigenvalue weighted by Gasteiger charge is -2.26. The third kappa shape index (κ3) is 3.50. The van der Waals surface area contributed by atoms with Crippen LogP contribution < -0.4 is 10.6 Å². The highest BCUT2D eigenvalue weighted by Gasteiger charge is 2.34. The zero-order valence-electron chi connectivity index (χ0n) is 10.5. The molecule has 1 aliphatic heterocycles. The number of piperazine rings is 1. The Morgan fingerprint density at radius 2 is 1.71 bits per heavy atom. The number of para-hydroxylation sites is 1. The molecule has 0 aliphatic carbocycles. The van der Waals surface area contributed by atoms with Crippen molar-refractivity contribution >= 4 is 23.5 Å². The van der Waals surface area contributed by atoms with Gasteiger partial charge >= 0.3 is 12.2 Å². The topological polar surface area (TPSA) is 78.5 Å². The molecule has 1 aromatic carbocycles. The van der Waals surface area contributed by atoms with E-state index in [1.165, 1.54) is 12.1 Å². The lowest BCUT2D eigenvalue weighted by atomic mass is 10.1. The van der Waals surface area contributed by atoms with Crippen LogP contribution in [0, 0.1) is 0 Å². The van der Waals surface area contributed by atoms with Crippen LogP contribution in [0.4, 0.5) is 23.7 Å². The van der Waals surface area contributed by atoms with E-state index in [1.54, 1.807) is 0 Å². The summed E-state index contributed by atoms with van der Waals surface area (Å²) in [6, 6.07) is 3.49. The molecule has 112 valence electrons. The van der Waals surface area contributed by atoms with Crippen molar-refractivity contribution in [3.8, 4) is 0 Å². The SMILES string of the molecule is O=C1CN(C(=O)Nc2ccccc2C(F)(F)F)CC(=O)N1. The molecule has 1 aliphatic rings. The molecule has 0 radical (unpaired) electrons. The predicted octanol–water partition coefficient (Wildman–Crippen LogP) is 1.20. The molecular formula is C12H10F3N3O3. The fourth-order valence-electron chi connectivity index (χ4n) is 1.81. The van der Waals surface area contributed by atoms with E-state index >= 15 is 0 Å². The first-order valence-electron chi connectivity index (χ1n) is 5.82. The van der Waals surface area contributed by atoms with Gasteiger partial charge in [0.25, 0.3) is 0 Å². The predicted molar refractivity (Wildman–Crippen MR) is 65.2 cm³/mol. The number of hydrogen-bond acceptors (Lipinski definition) is 3. The van der Waals surface area contributed by atoms with E-state index in [-0.39, 0.29) is 0 Å². The van der Waals surface area contributed by atoms with Crippen molar-refractivity contribution in [2.45, 2.75) is 6.18 Å². The van der Waals surface area contributed by atoms with Gasteiger partial charge in [0, 0.05) is 0 Å². The first-order valence-corrected chi connectivity index (χ1v) is 5.82. The summed E-state index contributed by atoms with van der Waals surface area (Å²) < 4.78 is 38.3. The number of urea groups is 1. The highest BCUT2D eigenvalue weighted by atomic mass is 19.4. The third-order valence-corrected chi connectivity index (χ3v) is 2.71. The summed E-state index contributed by atoms with van der Waals surface area (Å²) in [4.78, 5) is 34.9. The Morgan fingerprint density at radius 1 is 1.14 bits per heavy atom. The Balaban J connectivity index is 2.17. The van der Waals surface area contributed by atoms with E-state index in [1.807, 2.05) is 5.32 Å². The average molecular weight is 301 g/mol. The number of rotatable bonds is 1. The molecule has 9 heteroatoms. The Hall–Kier alpha value is -2.58. The van der Waals surface area contributed by atoms with Gasteiger partial charge in [-0.25, -0.2) is 4.79 Å². The first-order chi connectivity index (χ1) is 9.77. The second-order valence-corrected chi connectivity index (χ2v) is 4.30. The van der Waals surface area contributed by atoms with Gasteiger partial charge in [-0.3, -0.25) is 14.9 Å². The summed E-state index contributed by atoms with van der Waals surface area (Å²) >= 11 is 0. The number of carbonyl (C=O) groups is 3. The van der Waals surface area contributed by atoms with Crippen LogP contribution in [0.25, 0.3) is 0 Å². The number of imide groups is 1. The number of nitrogens with one attached hydrogen (secondary N) is 2. The maximum atomic E-state index is 12.8. The molecule has 0 bridgehead atoms. The smallest absolute Gasteiger partial charge is 0.307 e. The molecule has 1 saturated heterocycles. The van der Waals surface area contributed by atoms with Crippen molar-refractivity contribution in [3.63, 3.8) is 0 Å². The van der Waals surface area contributed by atoms with Gasteiger partial charge < -0.3 is 10.2 Å². The molecule has 2 rings (SSSR count). The summed E-state index contributed by atoms with van der Waals surface area (Å²) in [6.07, 6.45) is -4.63. The zero-order valence-corrected chi connectivity index (χ0v) is 10.5. The van der Waals surface area contributed by atoms with Crippen molar-refractivity contribution in [1.29, 1.82) is 0 Å². The summed E-state index contributed by atoms with van der Waals surface area (Å²) in [7, 11) is 0. The molecule has 2 N–H and O–H groups in total. The molecule has 4 amide bonds. The highest BCUT2D eigenvalue weighted by Crippen LogP contribution is 2.34. The standard InChI is InChI=1S/C12H10F3N3O3/c13-12(14,15)7-3-1-2-4-8(7)16-11(21)18-5-9(19)17-10(20)6-18/h1-4H,5-6H2,(H,16,21)(H,17,19,20). The molecule has 6 nitrogen and oxygen atoms in total. The number of alkyl halides is 3. The molecule has 0 saturated carbocycles. The van der Waals surface area contributed by atoms with Gasteiger partial charge in [0.05, 0.1) is 11.3 Å². The van der Waals surface area contributed by atoms with Gasteiger partial charge in [0.15, 0.2) is 0 Å². The van der Waals surface area contributed by atoms with E-state index in [0.717, 1.165) is 17.0 Å². The number of nitrogens with zero attached hydrogens (tertiary/aromatic N) is 1. The molecule has 0 spiro atoms. The fraction of sp³-hybridized carbons (Fsp3) is 0.250. The van der Waals surface area contributed by atoms with Crippen molar-refractivity contribution in [1.82, 2.24) is 10.2 Å². The summed E-state index contributed by atoms with van der Waals surface area (Å²) in [5.41, 5.74) is -1.44. The van der Waals surface area contributed by atoms with Gasteiger partial charge in [-0.1, -0.05) is 12.1 Å². The average Bonchev–Trinajstić information content (AvgIpc) is 2.37. The fourth-order valence-corrected chi connectivity index (χ4v) is 1.81. The maximum Gasteiger partial charge on any atom is 0.418 e. The van der Waals surface area contributed by atoms with Crippen molar-refractivity contribution in [2.24, 2.45) is 0 Å². The van der Waals surface area contributed by atoms with Crippen LogP contribution in [0.15, 0.2) is 24.3 Å². The Morgan fingerprint density at radius 3 is 2.29 bits per heavy atom. The van der Waals surface area contributed by atoms with Crippen LogP contribution in [0.2, 0.25) is 0 Å². The van der Waals surface area contributed by atoms with Crippen LogP contribution in [-0.2, 0) is 15.8 Å². The molecule has 21 heavy (non-hydrogen) atoms. The number of hydrogen-bond donors (Lipinski definition) is 2. The van der Waals surface area contributed by atoms with E-state index < -0.39 is 48.4 Å². The van der Waals surface area contributed by atoms with Gasteiger partial charge in [-0.05, 0) is 12.1 Å². The van der Waals surface area contributed by atoms with E-state index in [9.17, 15) is 27.6 Å².